The van der Waals surface area contributed by atoms with E-state index in [2.05, 4.69) is 41.5 Å². The van der Waals surface area contributed by atoms with Crippen LogP contribution in [0.1, 0.15) is 39.5 Å². The molecule has 4 nitrogen and oxygen atoms in total. The molecule has 0 radical (unpaired) electrons. The van der Waals surface area contributed by atoms with Crippen LogP contribution in [0.25, 0.3) is 11.5 Å². The first kappa shape index (κ1) is 14.1. The van der Waals surface area contributed by atoms with E-state index < -0.39 is 0 Å². The number of benzene rings is 1. The number of hydrogen-bond acceptors (Lipinski definition) is 4. The van der Waals surface area contributed by atoms with Crippen molar-refractivity contribution < 1.29 is 4.42 Å². The van der Waals surface area contributed by atoms with Crippen molar-refractivity contribution in [2.75, 3.05) is 5.32 Å². The van der Waals surface area contributed by atoms with Crippen LogP contribution < -0.4 is 5.32 Å². The lowest BCUT2D eigenvalue weighted by atomic mass is 9.79. The van der Waals surface area contributed by atoms with E-state index in [0.717, 1.165) is 17.4 Å². The van der Waals surface area contributed by atoms with E-state index in [-0.39, 0.29) is 0 Å². The Morgan fingerprint density at radius 3 is 2.67 bits per heavy atom. The second-order valence-corrected chi connectivity index (χ2v) is 6.33. The zero-order chi connectivity index (χ0) is 14.7. The Balaban J connectivity index is 1.62. The molecule has 1 heterocycles. The third-order valence-electron chi connectivity index (χ3n) is 4.52. The molecule has 1 fully saturated rings. The lowest BCUT2D eigenvalue weighted by molar-refractivity contribution is 0.264. The van der Waals surface area contributed by atoms with E-state index in [1.54, 1.807) is 0 Å². The monoisotopic (exact) mass is 285 g/mol. The normalized spacial score (nSPS) is 22.4. The molecule has 1 N–H and O–H groups in total. The third kappa shape index (κ3) is 3.43. The summed E-state index contributed by atoms with van der Waals surface area (Å²) >= 11 is 0. The predicted octanol–water partition coefficient (Wildman–Crippen LogP) is 4.36. The Morgan fingerprint density at radius 1 is 1.19 bits per heavy atom. The number of rotatable bonds is 4. The number of anilines is 1. The largest absolute Gasteiger partial charge is 0.423 e. The molecule has 1 saturated carbocycles. The van der Waals surface area contributed by atoms with Gasteiger partial charge in [-0.05, 0) is 48.9 Å². The average Bonchev–Trinajstić information content (AvgIpc) is 3.02. The molecule has 2 unspecified atom stereocenters. The zero-order valence-corrected chi connectivity index (χ0v) is 12.7. The minimum atomic E-state index is 0.569. The van der Waals surface area contributed by atoms with Crippen molar-refractivity contribution in [2.45, 2.75) is 45.6 Å². The Bertz CT molecular complexity index is 548. The predicted molar refractivity (Wildman–Crippen MR) is 83.9 cm³/mol. The topological polar surface area (TPSA) is 51.0 Å². The quantitative estimate of drug-likeness (QED) is 0.906. The van der Waals surface area contributed by atoms with E-state index in [1.807, 2.05) is 12.1 Å². The summed E-state index contributed by atoms with van der Waals surface area (Å²) in [6.07, 6.45) is 6.62. The van der Waals surface area contributed by atoms with Gasteiger partial charge in [-0.2, -0.15) is 0 Å². The minimum absolute atomic E-state index is 0.569. The SMILES string of the molecule is CC(C)C1CCCC(Nc2ccc(-c3nnco3)cc2)C1. The second-order valence-electron chi connectivity index (χ2n) is 6.33. The number of aromatic nitrogens is 2. The fraction of sp³-hybridized carbons (Fsp3) is 0.529. The van der Waals surface area contributed by atoms with Crippen molar-refractivity contribution >= 4 is 5.69 Å². The van der Waals surface area contributed by atoms with Crippen molar-refractivity contribution in [3.05, 3.63) is 30.7 Å². The molecule has 4 heteroatoms. The fourth-order valence-electron chi connectivity index (χ4n) is 3.21. The van der Waals surface area contributed by atoms with Crippen LogP contribution in [0.15, 0.2) is 35.1 Å². The summed E-state index contributed by atoms with van der Waals surface area (Å²) < 4.78 is 5.21. The van der Waals surface area contributed by atoms with Gasteiger partial charge in [0.2, 0.25) is 12.3 Å². The van der Waals surface area contributed by atoms with Crippen LogP contribution in [0.5, 0.6) is 0 Å². The van der Waals surface area contributed by atoms with Gasteiger partial charge >= 0.3 is 0 Å². The highest BCUT2D eigenvalue weighted by atomic mass is 16.4. The standard InChI is InChI=1S/C17H23N3O/c1-12(2)14-4-3-5-16(10-14)19-15-8-6-13(7-9-15)17-20-18-11-21-17/h6-9,11-12,14,16,19H,3-5,10H2,1-2H3. The van der Waals surface area contributed by atoms with Crippen molar-refractivity contribution in [3.63, 3.8) is 0 Å². The van der Waals surface area contributed by atoms with Crippen LogP contribution in [0.4, 0.5) is 5.69 Å². The molecule has 1 aromatic heterocycles. The van der Waals surface area contributed by atoms with Crippen LogP contribution in [0.2, 0.25) is 0 Å². The number of nitrogens with zero attached hydrogens (tertiary/aromatic N) is 2. The maximum Gasteiger partial charge on any atom is 0.247 e. The molecular weight excluding hydrogens is 262 g/mol. The van der Waals surface area contributed by atoms with Gasteiger partial charge in [-0.15, -0.1) is 10.2 Å². The minimum Gasteiger partial charge on any atom is -0.423 e. The molecule has 0 bridgehead atoms. The van der Waals surface area contributed by atoms with Gasteiger partial charge in [-0.3, -0.25) is 0 Å². The van der Waals surface area contributed by atoms with Gasteiger partial charge in [0.15, 0.2) is 0 Å². The van der Waals surface area contributed by atoms with Gasteiger partial charge in [0.25, 0.3) is 0 Å². The van der Waals surface area contributed by atoms with Crippen LogP contribution >= 0.6 is 0 Å². The second kappa shape index (κ2) is 6.29. The van der Waals surface area contributed by atoms with E-state index in [1.165, 1.54) is 37.8 Å². The van der Waals surface area contributed by atoms with Crippen molar-refractivity contribution in [3.8, 4) is 11.5 Å². The summed E-state index contributed by atoms with van der Waals surface area (Å²) in [4.78, 5) is 0. The van der Waals surface area contributed by atoms with Crippen LogP contribution in [0, 0.1) is 11.8 Å². The molecular formula is C17H23N3O. The summed E-state index contributed by atoms with van der Waals surface area (Å²) in [5.74, 6) is 2.21. The third-order valence-corrected chi connectivity index (χ3v) is 4.52. The highest BCUT2D eigenvalue weighted by molar-refractivity contribution is 5.58. The number of hydrogen-bond donors (Lipinski definition) is 1. The van der Waals surface area contributed by atoms with Gasteiger partial charge in [0, 0.05) is 17.3 Å². The molecule has 3 rings (SSSR count). The molecule has 0 saturated heterocycles. The van der Waals surface area contributed by atoms with Crippen molar-refractivity contribution in [2.24, 2.45) is 11.8 Å². The fourth-order valence-corrected chi connectivity index (χ4v) is 3.21. The molecule has 2 aromatic rings. The molecule has 1 aliphatic rings. The Morgan fingerprint density at radius 2 is 2.00 bits per heavy atom. The van der Waals surface area contributed by atoms with Crippen LogP contribution in [-0.4, -0.2) is 16.2 Å². The first-order valence-electron chi connectivity index (χ1n) is 7.85. The van der Waals surface area contributed by atoms with Gasteiger partial charge < -0.3 is 9.73 Å². The number of nitrogens with one attached hydrogen (secondary N) is 1. The van der Waals surface area contributed by atoms with E-state index in [0.29, 0.717) is 11.9 Å². The van der Waals surface area contributed by atoms with Gasteiger partial charge in [0.05, 0.1) is 0 Å². The van der Waals surface area contributed by atoms with E-state index in [4.69, 9.17) is 4.42 Å². The molecule has 0 spiro atoms. The first-order chi connectivity index (χ1) is 10.2. The van der Waals surface area contributed by atoms with E-state index in [9.17, 15) is 0 Å². The molecule has 1 aromatic carbocycles. The summed E-state index contributed by atoms with van der Waals surface area (Å²) in [5, 5.41) is 11.3. The molecule has 21 heavy (non-hydrogen) atoms. The molecule has 1 aliphatic carbocycles. The molecule has 2 atom stereocenters. The highest BCUT2D eigenvalue weighted by Crippen LogP contribution is 2.31. The lowest BCUT2D eigenvalue weighted by Crippen LogP contribution is -2.29. The highest BCUT2D eigenvalue weighted by Gasteiger charge is 2.23. The summed E-state index contributed by atoms with van der Waals surface area (Å²) in [6.45, 7) is 4.68. The Hall–Kier alpha value is -1.84. The Kier molecular flexibility index (Phi) is 4.23. The maximum atomic E-state index is 5.21. The summed E-state index contributed by atoms with van der Waals surface area (Å²) in [5.41, 5.74) is 2.13. The molecule has 0 aliphatic heterocycles. The smallest absolute Gasteiger partial charge is 0.247 e. The zero-order valence-electron chi connectivity index (χ0n) is 12.7. The van der Waals surface area contributed by atoms with E-state index >= 15 is 0 Å². The van der Waals surface area contributed by atoms with Gasteiger partial charge in [-0.1, -0.05) is 26.7 Å². The summed E-state index contributed by atoms with van der Waals surface area (Å²) in [7, 11) is 0. The molecule has 0 amide bonds. The van der Waals surface area contributed by atoms with Crippen LogP contribution in [0.3, 0.4) is 0 Å². The Labute approximate surface area is 126 Å². The maximum absolute atomic E-state index is 5.21. The van der Waals surface area contributed by atoms with Crippen molar-refractivity contribution in [1.29, 1.82) is 0 Å². The van der Waals surface area contributed by atoms with Crippen LogP contribution in [-0.2, 0) is 0 Å². The van der Waals surface area contributed by atoms with Gasteiger partial charge in [-0.25, -0.2) is 0 Å². The van der Waals surface area contributed by atoms with Crippen molar-refractivity contribution in [1.82, 2.24) is 10.2 Å². The lowest BCUT2D eigenvalue weighted by Gasteiger charge is -2.32. The summed E-state index contributed by atoms with van der Waals surface area (Å²) in [6, 6.07) is 8.84. The molecule has 112 valence electrons. The first-order valence-corrected chi connectivity index (χ1v) is 7.85. The average molecular weight is 285 g/mol. The van der Waals surface area contributed by atoms with Gasteiger partial charge in [0.1, 0.15) is 0 Å².